The summed E-state index contributed by atoms with van der Waals surface area (Å²) in [5.74, 6) is 1.02. The molecule has 0 saturated carbocycles. The lowest BCUT2D eigenvalue weighted by atomic mass is 10.1. The Kier molecular flexibility index (Phi) is 6.60. The Morgan fingerprint density at radius 3 is 2.70 bits per heavy atom. The predicted molar refractivity (Wildman–Crippen MR) is 81.2 cm³/mol. The Morgan fingerprint density at radius 1 is 1.30 bits per heavy atom. The molecule has 1 unspecified atom stereocenters. The zero-order valence-electron chi connectivity index (χ0n) is 12.9. The Balaban J connectivity index is 1.66. The Labute approximate surface area is 122 Å². The summed E-state index contributed by atoms with van der Waals surface area (Å²) in [6, 6.07) is 0. The highest BCUT2D eigenvalue weighted by Crippen LogP contribution is 2.17. The van der Waals surface area contributed by atoms with Crippen LogP contribution in [0.4, 0.5) is 0 Å². The van der Waals surface area contributed by atoms with E-state index in [2.05, 4.69) is 22.1 Å². The number of nitrogens with one attached hydrogen (secondary N) is 1. The molecule has 0 aromatic heterocycles. The standard InChI is InChI=1S/C15H29N3O2/c1-3-17-15(16-2)18-9-7-13(8-10-18)20-12-14-6-4-5-11-19-14/h13-14H,3-12H2,1-2H3,(H,16,17). The fourth-order valence-corrected chi connectivity index (χ4v) is 2.91. The summed E-state index contributed by atoms with van der Waals surface area (Å²) in [4.78, 5) is 6.64. The molecule has 0 spiro atoms. The van der Waals surface area contributed by atoms with E-state index >= 15 is 0 Å². The fraction of sp³-hybridized carbons (Fsp3) is 0.933. The van der Waals surface area contributed by atoms with Crippen LogP contribution in [-0.2, 0) is 9.47 Å². The van der Waals surface area contributed by atoms with E-state index in [0.29, 0.717) is 12.2 Å². The number of nitrogens with zero attached hydrogens (tertiary/aromatic N) is 2. The average molecular weight is 283 g/mol. The lowest BCUT2D eigenvalue weighted by Crippen LogP contribution is -2.47. The van der Waals surface area contributed by atoms with Gasteiger partial charge in [0.2, 0.25) is 0 Å². The molecule has 0 aromatic rings. The van der Waals surface area contributed by atoms with Crippen molar-refractivity contribution in [2.75, 3.05) is 39.9 Å². The van der Waals surface area contributed by atoms with Gasteiger partial charge in [-0.2, -0.15) is 0 Å². The molecule has 5 nitrogen and oxygen atoms in total. The monoisotopic (exact) mass is 283 g/mol. The van der Waals surface area contributed by atoms with Crippen molar-refractivity contribution in [3.05, 3.63) is 0 Å². The van der Waals surface area contributed by atoms with Gasteiger partial charge in [0.1, 0.15) is 0 Å². The summed E-state index contributed by atoms with van der Waals surface area (Å²) in [6.07, 6.45) is 6.53. The van der Waals surface area contributed by atoms with E-state index in [0.717, 1.165) is 58.1 Å². The first kappa shape index (κ1) is 15.6. The van der Waals surface area contributed by atoms with Gasteiger partial charge in [-0.1, -0.05) is 0 Å². The first-order valence-corrected chi connectivity index (χ1v) is 8.02. The molecule has 20 heavy (non-hydrogen) atoms. The summed E-state index contributed by atoms with van der Waals surface area (Å²) in [7, 11) is 1.85. The summed E-state index contributed by atoms with van der Waals surface area (Å²) < 4.78 is 11.7. The van der Waals surface area contributed by atoms with Gasteiger partial charge in [0.05, 0.1) is 18.8 Å². The highest BCUT2D eigenvalue weighted by atomic mass is 16.5. The van der Waals surface area contributed by atoms with Gasteiger partial charge in [0.25, 0.3) is 0 Å². The van der Waals surface area contributed by atoms with Gasteiger partial charge in [0.15, 0.2) is 5.96 Å². The third-order valence-corrected chi connectivity index (χ3v) is 4.08. The Morgan fingerprint density at radius 2 is 2.10 bits per heavy atom. The van der Waals surface area contributed by atoms with Crippen LogP contribution in [0.5, 0.6) is 0 Å². The zero-order chi connectivity index (χ0) is 14.2. The molecule has 1 N–H and O–H groups in total. The number of aliphatic imine (C=N–C) groups is 1. The summed E-state index contributed by atoms with van der Waals surface area (Å²) in [6.45, 7) is 6.75. The van der Waals surface area contributed by atoms with Gasteiger partial charge < -0.3 is 19.7 Å². The van der Waals surface area contributed by atoms with Crippen molar-refractivity contribution in [2.45, 2.75) is 51.2 Å². The molecule has 0 amide bonds. The molecule has 0 aliphatic carbocycles. The van der Waals surface area contributed by atoms with E-state index in [1.54, 1.807) is 0 Å². The highest BCUT2D eigenvalue weighted by Gasteiger charge is 2.23. The number of ether oxygens (including phenoxy) is 2. The second-order valence-corrected chi connectivity index (χ2v) is 5.59. The van der Waals surface area contributed by atoms with Gasteiger partial charge in [-0.15, -0.1) is 0 Å². The third kappa shape index (κ3) is 4.63. The first-order valence-electron chi connectivity index (χ1n) is 8.02. The molecule has 2 rings (SSSR count). The van der Waals surface area contributed by atoms with Crippen LogP contribution in [0.25, 0.3) is 0 Å². The van der Waals surface area contributed by atoms with E-state index in [9.17, 15) is 0 Å². The molecule has 2 aliphatic rings. The lowest BCUT2D eigenvalue weighted by Gasteiger charge is -2.34. The second kappa shape index (κ2) is 8.47. The second-order valence-electron chi connectivity index (χ2n) is 5.59. The van der Waals surface area contributed by atoms with Crippen LogP contribution >= 0.6 is 0 Å². The quantitative estimate of drug-likeness (QED) is 0.629. The zero-order valence-corrected chi connectivity index (χ0v) is 12.9. The van der Waals surface area contributed by atoms with E-state index in [4.69, 9.17) is 9.47 Å². The maximum Gasteiger partial charge on any atom is 0.193 e. The van der Waals surface area contributed by atoms with E-state index in [1.807, 2.05) is 7.05 Å². The van der Waals surface area contributed by atoms with Crippen molar-refractivity contribution in [1.29, 1.82) is 0 Å². The molecule has 0 radical (unpaired) electrons. The Bertz CT molecular complexity index is 295. The van der Waals surface area contributed by atoms with Crippen molar-refractivity contribution < 1.29 is 9.47 Å². The van der Waals surface area contributed by atoms with Crippen LogP contribution in [0, 0.1) is 0 Å². The van der Waals surface area contributed by atoms with E-state index in [-0.39, 0.29) is 0 Å². The predicted octanol–water partition coefficient (Wildman–Crippen LogP) is 1.63. The van der Waals surface area contributed by atoms with Crippen molar-refractivity contribution in [2.24, 2.45) is 4.99 Å². The maximum atomic E-state index is 6.03. The van der Waals surface area contributed by atoms with Crippen molar-refractivity contribution in [3.63, 3.8) is 0 Å². The van der Waals surface area contributed by atoms with Gasteiger partial charge in [-0.05, 0) is 39.0 Å². The number of rotatable bonds is 4. The number of guanidine groups is 1. The van der Waals surface area contributed by atoms with Gasteiger partial charge >= 0.3 is 0 Å². The molecule has 0 aromatic carbocycles. The lowest BCUT2D eigenvalue weighted by molar-refractivity contribution is -0.0721. The van der Waals surface area contributed by atoms with Crippen LogP contribution in [0.3, 0.4) is 0 Å². The van der Waals surface area contributed by atoms with Crippen molar-refractivity contribution in [3.8, 4) is 0 Å². The minimum atomic E-state index is 0.330. The largest absolute Gasteiger partial charge is 0.376 e. The topological polar surface area (TPSA) is 46.1 Å². The number of likely N-dealkylation sites (tertiary alicyclic amines) is 1. The smallest absolute Gasteiger partial charge is 0.193 e. The van der Waals surface area contributed by atoms with Crippen LogP contribution in [0.15, 0.2) is 4.99 Å². The first-order chi connectivity index (χ1) is 9.83. The van der Waals surface area contributed by atoms with E-state index in [1.165, 1.54) is 12.8 Å². The maximum absolute atomic E-state index is 6.03. The molecular weight excluding hydrogens is 254 g/mol. The molecule has 0 bridgehead atoms. The molecular formula is C15H29N3O2. The molecule has 2 saturated heterocycles. The van der Waals surface area contributed by atoms with E-state index < -0.39 is 0 Å². The summed E-state index contributed by atoms with van der Waals surface area (Å²) in [5.41, 5.74) is 0. The molecule has 2 fully saturated rings. The minimum absolute atomic E-state index is 0.330. The van der Waals surface area contributed by atoms with Crippen LogP contribution < -0.4 is 5.32 Å². The SMILES string of the molecule is CCNC(=NC)N1CCC(OCC2CCCCO2)CC1. The average Bonchev–Trinajstić information content (AvgIpc) is 2.52. The molecule has 2 aliphatic heterocycles. The molecule has 116 valence electrons. The highest BCUT2D eigenvalue weighted by molar-refractivity contribution is 5.79. The van der Waals surface area contributed by atoms with Gasteiger partial charge in [-0.25, -0.2) is 0 Å². The van der Waals surface area contributed by atoms with Crippen molar-refractivity contribution >= 4 is 5.96 Å². The molecule has 5 heteroatoms. The fourth-order valence-electron chi connectivity index (χ4n) is 2.91. The van der Waals surface area contributed by atoms with Crippen LogP contribution in [0.2, 0.25) is 0 Å². The van der Waals surface area contributed by atoms with Crippen LogP contribution in [-0.4, -0.2) is 63.0 Å². The third-order valence-electron chi connectivity index (χ3n) is 4.08. The van der Waals surface area contributed by atoms with Crippen molar-refractivity contribution in [1.82, 2.24) is 10.2 Å². The summed E-state index contributed by atoms with van der Waals surface area (Å²) >= 11 is 0. The normalized spacial score (nSPS) is 25.8. The number of piperidine rings is 1. The Hall–Kier alpha value is -0.810. The number of hydrogen-bond acceptors (Lipinski definition) is 3. The van der Waals surface area contributed by atoms with Gasteiger partial charge in [0, 0.05) is 33.3 Å². The molecule has 1 atom stereocenters. The number of hydrogen-bond donors (Lipinski definition) is 1. The summed E-state index contributed by atoms with van der Waals surface area (Å²) in [5, 5.41) is 3.32. The molecule has 2 heterocycles. The van der Waals surface area contributed by atoms with Gasteiger partial charge in [-0.3, -0.25) is 4.99 Å². The minimum Gasteiger partial charge on any atom is -0.376 e. The van der Waals surface area contributed by atoms with Crippen LogP contribution in [0.1, 0.15) is 39.0 Å².